The SMILES string of the molecule is C[C@H](NC(=O)C(c1ccccc1)c1ccccc1)C(O)(c1ccccc1)c1ccccc1. The third-order valence-corrected chi connectivity index (χ3v) is 5.94. The molecule has 0 aliphatic rings. The third kappa shape index (κ3) is 4.34. The fourth-order valence-electron chi connectivity index (χ4n) is 4.24. The summed E-state index contributed by atoms with van der Waals surface area (Å²) < 4.78 is 0. The molecule has 0 aromatic heterocycles. The first kappa shape index (κ1) is 21.5. The van der Waals surface area contributed by atoms with E-state index >= 15 is 0 Å². The van der Waals surface area contributed by atoms with Gasteiger partial charge in [0.25, 0.3) is 0 Å². The second-order valence-corrected chi connectivity index (χ2v) is 7.98. The number of rotatable bonds is 7. The van der Waals surface area contributed by atoms with Crippen LogP contribution < -0.4 is 5.32 Å². The molecule has 3 heteroatoms. The lowest BCUT2D eigenvalue weighted by Crippen LogP contribution is -2.50. The fourth-order valence-corrected chi connectivity index (χ4v) is 4.24. The smallest absolute Gasteiger partial charge is 0.232 e. The van der Waals surface area contributed by atoms with Gasteiger partial charge in [-0.15, -0.1) is 0 Å². The monoisotopic (exact) mass is 421 g/mol. The molecule has 0 bridgehead atoms. The molecule has 4 rings (SSSR count). The number of amides is 1. The van der Waals surface area contributed by atoms with E-state index in [0.717, 1.165) is 22.3 Å². The summed E-state index contributed by atoms with van der Waals surface area (Å²) in [6, 6.07) is 37.9. The molecule has 160 valence electrons. The molecular formula is C29H27NO2. The minimum Gasteiger partial charge on any atom is -0.378 e. The maximum absolute atomic E-state index is 13.6. The van der Waals surface area contributed by atoms with Gasteiger partial charge in [0.05, 0.1) is 12.0 Å². The number of aliphatic hydroxyl groups is 1. The first-order valence-corrected chi connectivity index (χ1v) is 10.8. The van der Waals surface area contributed by atoms with E-state index in [1.54, 1.807) is 0 Å². The van der Waals surface area contributed by atoms with Crippen LogP contribution in [0.15, 0.2) is 121 Å². The van der Waals surface area contributed by atoms with Gasteiger partial charge in [0, 0.05) is 0 Å². The molecule has 0 unspecified atom stereocenters. The van der Waals surface area contributed by atoms with E-state index in [2.05, 4.69) is 5.32 Å². The highest BCUT2D eigenvalue weighted by molar-refractivity contribution is 5.87. The van der Waals surface area contributed by atoms with Gasteiger partial charge in [-0.25, -0.2) is 0 Å². The Labute approximate surface area is 189 Å². The Balaban J connectivity index is 1.71. The molecule has 32 heavy (non-hydrogen) atoms. The highest BCUT2D eigenvalue weighted by Gasteiger charge is 2.39. The molecule has 0 heterocycles. The zero-order valence-electron chi connectivity index (χ0n) is 18.1. The van der Waals surface area contributed by atoms with E-state index in [0.29, 0.717) is 0 Å². The van der Waals surface area contributed by atoms with Crippen molar-refractivity contribution in [1.29, 1.82) is 0 Å². The number of carbonyl (C=O) groups is 1. The normalized spacial score (nSPS) is 12.3. The third-order valence-electron chi connectivity index (χ3n) is 5.94. The Morgan fingerprint density at radius 1 is 0.656 bits per heavy atom. The summed E-state index contributed by atoms with van der Waals surface area (Å²) in [5, 5.41) is 15.1. The molecule has 4 aromatic carbocycles. The predicted octanol–water partition coefficient (Wildman–Crippen LogP) is 5.26. The van der Waals surface area contributed by atoms with Gasteiger partial charge in [-0.2, -0.15) is 0 Å². The molecule has 0 spiro atoms. The highest BCUT2D eigenvalue weighted by Crippen LogP contribution is 2.34. The highest BCUT2D eigenvalue weighted by atomic mass is 16.3. The number of benzene rings is 4. The molecule has 0 fully saturated rings. The van der Waals surface area contributed by atoms with Crippen molar-refractivity contribution in [1.82, 2.24) is 5.32 Å². The minimum atomic E-state index is -1.38. The van der Waals surface area contributed by atoms with Gasteiger partial charge in [-0.1, -0.05) is 121 Å². The first-order chi connectivity index (χ1) is 15.6. The Hall–Kier alpha value is -3.69. The lowest BCUT2D eigenvalue weighted by Gasteiger charge is -2.36. The van der Waals surface area contributed by atoms with Gasteiger partial charge in [0.15, 0.2) is 0 Å². The molecule has 1 amide bonds. The van der Waals surface area contributed by atoms with Gasteiger partial charge in [-0.3, -0.25) is 4.79 Å². The summed E-state index contributed by atoms with van der Waals surface area (Å²) in [7, 11) is 0. The van der Waals surface area contributed by atoms with Crippen LogP contribution in [0.4, 0.5) is 0 Å². The number of hydrogen-bond acceptors (Lipinski definition) is 2. The largest absolute Gasteiger partial charge is 0.378 e. The van der Waals surface area contributed by atoms with Crippen molar-refractivity contribution in [2.45, 2.75) is 24.5 Å². The average Bonchev–Trinajstić information content (AvgIpc) is 2.86. The van der Waals surface area contributed by atoms with Gasteiger partial charge < -0.3 is 10.4 Å². The van der Waals surface area contributed by atoms with Crippen molar-refractivity contribution >= 4 is 5.91 Å². The average molecular weight is 422 g/mol. The van der Waals surface area contributed by atoms with Gasteiger partial charge in [0.1, 0.15) is 5.60 Å². The van der Waals surface area contributed by atoms with Crippen LogP contribution in [0.5, 0.6) is 0 Å². The molecule has 0 saturated carbocycles. The molecule has 2 N–H and O–H groups in total. The van der Waals surface area contributed by atoms with Crippen LogP contribution in [0, 0.1) is 0 Å². The van der Waals surface area contributed by atoms with Gasteiger partial charge >= 0.3 is 0 Å². The zero-order chi connectivity index (χ0) is 22.4. The van der Waals surface area contributed by atoms with Crippen LogP contribution in [0.1, 0.15) is 35.1 Å². The molecule has 0 aliphatic heterocycles. The van der Waals surface area contributed by atoms with Crippen LogP contribution in [0.25, 0.3) is 0 Å². The summed E-state index contributed by atoms with van der Waals surface area (Å²) in [4.78, 5) is 13.6. The number of nitrogens with one attached hydrogen (secondary N) is 1. The quantitative estimate of drug-likeness (QED) is 0.428. The van der Waals surface area contributed by atoms with Gasteiger partial charge in [0.2, 0.25) is 5.91 Å². The van der Waals surface area contributed by atoms with E-state index in [1.165, 1.54) is 0 Å². The van der Waals surface area contributed by atoms with Crippen molar-refractivity contribution in [3.05, 3.63) is 144 Å². The molecule has 0 radical (unpaired) electrons. The van der Waals surface area contributed by atoms with E-state index in [1.807, 2.05) is 128 Å². The van der Waals surface area contributed by atoms with Gasteiger partial charge in [-0.05, 0) is 29.2 Å². The second kappa shape index (κ2) is 9.63. The first-order valence-electron chi connectivity index (χ1n) is 10.8. The Morgan fingerprint density at radius 3 is 1.38 bits per heavy atom. The fraction of sp³-hybridized carbons (Fsp3) is 0.138. The summed E-state index contributed by atoms with van der Waals surface area (Å²) in [6.07, 6.45) is 0. The van der Waals surface area contributed by atoms with Crippen molar-refractivity contribution in [3.8, 4) is 0 Å². The van der Waals surface area contributed by atoms with Crippen molar-refractivity contribution < 1.29 is 9.90 Å². The lowest BCUT2D eigenvalue weighted by atomic mass is 9.80. The van der Waals surface area contributed by atoms with Crippen molar-refractivity contribution in [2.24, 2.45) is 0 Å². The molecule has 0 aliphatic carbocycles. The summed E-state index contributed by atoms with van der Waals surface area (Å²) in [6.45, 7) is 1.85. The summed E-state index contributed by atoms with van der Waals surface area (Å²) in [5.41, 5.74) is 1.90. The van der Waals surface area contributed by atoms with Crippen molar-refractivity contribution in [2.75, 3.05) is 0 Å². The summed E-state index contributed by atoms with van der Waals surface area (Å²) in [5.74, 6) is -0.629. The number of hydrogen-bond donors (Lipinski definition) is 2. The molecule has 4 aromatic rings. The van der Waals surface area contributed by atoms with Crippen LogP contribution in [-0.2, 0) is 10.4 Å². The molecule has 3 nitrogen and oxygen atoms in total. The number of carbonyl (C=O) groups excluding carboxylic acids is 1. The predicted molar refractivity (Wildman–Crippen MR) is 128 cm³/mol. The molecule has 1 atom stereocenters. The summed E-state index contributed by atoms with van der Waals surface area (Å²) >= 11 is 0. The Kier molecular flexibility index (Phi) is 6.48. The van der Waals surface area contributed by atoms with Crippen molar-refractivity contribution in [3.63, 3.8) is 0 Å². The standard InChI is InChI=1S/C29H27NO2/c1-22(29(32,25-18-10-4-11-19-25)26-20-12-5-13-21-26)30-28(31)27(23-14-6-2-7-15-23)24-16-8-3-9-17-24/h2-22,27,32H,1H3,(H,30,31)/t22-/m0/s1. The van der Waals surface area contributed by atoms with Crippen LogP contribution in [0.2, 0.25) is 0 Å². The van der Waals surface area contributed by atoms with Crippen LogP contribution in [-0.4, -0.2) is 17.1 Å². The van der Waals surface area contributed by atoms with Crippen LogP contribution in [0.3, 0.4) is 0 Å². The zero-order valence-corrected chi connectivity index (χ0v) is 18.1. The maximum Gasteiger partial charge on any atom is 0.232 e. The van der Waals surface area contributed by atoms with E-state index in [4.69, 9.17) is 0 Å². The maximum atomic E-state index is 13.6. The molecular weight excluding hydrogens is 394 g/mol. The Morgan fingerprint density at radius 2 is 1.00 bits per heavy atom. The minimum absolute atomic E-state index is 0.153. The van der Waals surface area contributed by atoms with E-state index < -0.39 is 17.6 Å². The second-order valence-electron chi connectivity index (χ2n) is 7.98. The topological polar surface area (TPSA) is 49.3 Å². The molecule has 0 saturated heterocycles. The Bertz CT molecular complexity index is 1050. The van der Waals surface area contributed by atoms with Crippen LogP contribution >= 0.6 is 0 Å². The van der Waals surface area contributed by atoms with E-state index in [9.17, 15) is 9.90 Å². The lowest BCUT2D eigenvalue weighted by molar-refractivity contribution is -0.124. The van der Waals surface area contributed by atoms with E-state index in [-0.39, 0.29) is 5.91 Å².